The Labute approximate surface area is 106 Å². The SMILES string of the molecule is CC(C)(C)C.CCC(C)(C)C.CCC(C)C. The van der Waals surface area contributed by atoms with E-state index in [0.29, 0.717) is 10.8 Å². The van der Waals surface area contributed by atoms with Gasteiger partial charge in [-0.1, -0.05) is 89.0 Å². The van der Waals surface area contributed by atoms with E-state index in [0.717, 1.165) is 5.92 Å². The van der Waals surface area contributed by atoms with Crippen molar-refractivity contribution in [2.45, 2.75) is 89.0 Å². The molecule has 102 valence electrons. The Hall–Kier alpha value is 0. The largest absolute Gasteiger partial charge is 0.0651 e. The highest BCUT2D eigenvalue weighted by Gasteiger charge is 2.03. The second-order valence-corrected chi connectivity index (χ2v) is 7.72. The third-order valence-corrected chi connectivity index (χ3v) is 1.88. The van der Waals surface area contributed by atoms with Crippen LogP contribution in [0.15, 0.2) is 0 Å². The molecule has 0 heteroatoms. The quantitative estimate of drug-likeness (QED) is 0.479. The topological polar surface area (TPSA) is 0 Å². The van der Waals surface area contributed by atoms with E-state index in [9.17, 15) is 0 Å². The van der Waals surface area contributed by atoms with Gasteiger partial charge in [0.2, 0.25) is 0 Å². The summed E-state index contributed by atoms with van der Waals surface area (Å²) in [5, 5.41) is 0. The van der Waals surface area contributed by atoms with Gasteiger partial charge in [0.05, 0.1) is 0 Å². The Morgan fingerprint density at radius 2 is 0.875 bits per heavy atom. The van der Waals surface area contributed by atoms with Crippen molar-refractivity contribution in [3.63, 3.8) is 0 Å². The van der Waals surface area contributed by atoms with Gasteiger partial charge in [-0.3, -0.25) is 0 Å². The maximum absolute atomic E-state index is 2.24. The van der Waals surface area contributed by atoms with Crippen LogP contribution >= 0.6 is 0 Å². The summed E-state index contributed by atoms with van der Waals surface area (Å²) in [6.45, 7) is 24.3. The fourth-order valence-corrected chi connectivity index (χ4v) is 0. The van der Waals surface area contributed by atoms with Crippen LogP contribution in [-0.2, 0) is 0 Å². The molecule has 0 fully saturated rings. The minimum absolute atomic E-state index is 0.500. The van der Waals surface area contributed by atoms with Crippen molar-refractivity contribution in [3.05, 3.63) is 0 Å². The normalized spacial score (nSPS) is 11.2. The van der Waals surface area contributed by atoms with Crippen LogP contribution in [0.4, 0.5) is 0 Å². The first-order chi connectivity index (χ1) is 6.83. The molecule has 0 saturated heterocycles. The van der Waals surface area contributed by atoms with Crippen molar-refractivity contribution < 1.29 is 0 Å². The fraction of sp³-hybridized carbons (Fsp3) is 1.00. The van der Waals surface area contributed by atoms with Gasteiger partial charge < -0.3 is 0 Å². The predicted molar refractivity (Wildman–Crippen MR) is 80.0 cm³/mol. The van der Waals surface area contributed by atoms with Crippen molar-refractivity contribution >= 4 is 0 Å². The lowest BCUT2D eigenvalue weighted by atomic mass is 9.94. The van der Waals surface area contributed by atoms with E-state index < -0.39 is 0 Å². The summed E-state index contributed by atoms with van der Waals surface area (Å²) in [7, 11) is 0. The highest BCUT2D eigenvalue weighted by molar-refractivity contribution is 4.55. The first-order valence-electron chi connectivity index (χ1n) is 6.83. The summed E-state index contributed by atoms with van der Waals surface area (Å²) in [5.41, 5.74) is 1.04. The average molecular weight is 230 g/mol. The Morgan fingerprint density at radius 1 is 0.750 bits per heavy atom. The predicted octanol–water partition coefficient (Wildman–Crippen LogP) is 6.55. The summed E-state index contributed by atoms with van der Waals surface area (Å²) < 4.78 is 0. The maximum Gasteiger partial charge on any atom is -0.0385 e. The van der Waals surface area contributed by atoms with Crippen LogP contribution in [0, 0.1) is 16.7 Å². The lowest BCUT2D eigenvalue weighted by Crippen LogP contribution is -2.00. The van der Waals surface area contributed by atoms with Crippen LogP contribution in [0.3, 0.4) is 0 Å². The van der Waals surface area contributed by atoms with E-state index in [2.05, 4.69) is 76.2 Å². The Balaban J connectivity index is -0.000000160. The van der Waals surface area contributed by atoms with E-state index in [1.54, 1.807) is 0 Å². The zero-order chi connectivity index (χ0) is 14.0. The third kappa shape index (κ3) is 94.6. The lowest BCUT2D eigenvalue weighted by molar-refractivity contribution is 0.398. The Kier molecular flexibility index (Phi) is 13.5. The van der Waals surface area contributed by atoms with Gasteiger partial charge in [-0.05, 0) is 16.7 Å². The van der Waals surface area contributed by atoms with E-state index in [4.69, 9.17) is 0 Å². The summed E-state index contributed by atoms with van der Waals surface area (Å²) in [5.74, 6) is 0.884. The third-order valence-electron chi connectivity index (χ3n) is 1.88. The molecule has 0 rings (SSSR count). The molecule has 0 aliphatic carbocycles. The first-order valence-corrected chi connectivity index (χ1v) is 6.83. The number of rotatable bonds is 1. The smallest absolute Gasteiger partial charge is 0.0385 e. The molecule has 0 heterocycles. The van der Waals surface area contributed by atoms with Gasteiger partial charge in [0.15, 0.2) is 0 Å². The minimum atomic E-state index is 0.500. The zero-order valence-corrected chi connectivity index (χ0v) is 14.0. The van der Waals surface area contributed by atoms with Gasteiger partial charge in [0.1, 0.15) is 0 Å². The maximum atomic E-state index is 2.24. The Bertz CT molecular complexity index is 112. The van der Waals surface area contributed by atoms with E-state index in [-0.39, 0.29) is 0 Å². The molecule has 0 amide bonds. The van der Waals surface area contributed by atoms with Gasteiger partial charge in [0, 0.05) is 0 Å². The van der Waals surface area contributed by atoms with Crippen molar-refractivity contribution in [1.29, 1.82) is 0 Å². The lowest BCUT2D eigenvalue weighted by Gasteiger charge is -2.12. The van der Waals surface area contributed by atoms with Crippen LogP contribution in [0.5, 0.6) is 0 Å². The molecule has 0 atom stereocenters. The molecule has 0 aliphatic rings. The van der Waals surface area contributed by atoms with Gasteiger partial charge in [0.25, 0.3) is 0 Å². The molecule has 0 saturated carbocycles. The van der Waals surface area contributed by atoms with Crippen LogP contribution in [0.2, 0.25) is 0 Å². The van der Waals surface area contributed by atoms with Crippen molar-refractivity contribution in [1.82, 2.24) is 0 Å². The van der Waals surface area contributed by atoms with Crippen LogP contribution in [0.25, 0.3) is 0 Å². The molecule has 0 aromatic carbocycles. The summed E-state index contributed by atoms with van der Waals surface area (Å²) in [6, 6.07) is 0. The van der Waals surface area contributed by atoms with E-state index in [1.165, 1.54) is 12.8 Å². The number of hydrogen-bond acceptors (Lipinski definition) is 0. The molecule has 0 aliphatic heterocycles. The molecule has 0 N–H and O–H groups in total. The van der Waals surface area contributed by atoms with Crippen LogP contribution in [-0.4, -0.2) is 0 Å². The van der Waals surface area contributed by atoms with Crippen LogP contribution in [0.1, 0.15) is 89.0 Å². The van der Waals surface area contributed by atoms with Crippen molar-refractivity contribution in [2.24, 2.45) is 16.7 Å². The molecule has 0 aromatic heterocycles. The van der Waals surface area contributed by atoms with Crippen molar-refractivity contribution in [2.75, 3.05) is 0 Å². The second kappa shape index (κ2) is 10.2. The number of hydrogen-bond donors (Lipinski definition) is 0. The van der Waals surface area contributed by atoms with Gasteiger partial charge in [-0.2, -0.15) is 0 Å². The van der Waals surface area contributed by atoms with Gasteiger partial charge in [-0.25, -0.2) is 0 Å². The molecule has 0 nitrogen and oxygen atoms in total. The summed E-state index contributed by atoms with van der Waals surface area (Å²) >= 11 is 0. The molecule has 0 radical (unpaired) electrons. The molecule has 0 aromatic rings. The van der Waals surface area contributed by atoms with E-state index in [1.807, 2.05) is 0 Å². The second-order valence-electron chi connectivity index (χ2n) is 7.72. The summed E-state index contributed by atoms with van der Waals surface area (Å²) in [6.07, 6.45) is 2.58. The molecule has 0 bridgehead atoms. The monoisotopic (exact) mass is 230 g/mol. The highest BCUT2D eigenvalue weighted by atomic mass is 14.1. The molecule has 0 spiro atoms. The van der Waals surface area contributed by atoms with Crippen LogP contribution < -0.4 is 0 Å². The zero-order valence-electron chi connectivity index (χ0n) is 14.0. The highest BCUT2D eigenvalue weighted by Crippen LogP contribution is 2.16. The molecular formula is C16H38. The molecular weight excluding hydrogens is 192 g/mol. The fourth-order valence-electron chi connectivity index (χ4n) is 0. The van der Waals surface area contributed by atoms with Gasteiger partial charge in [-0.15, -0.1) is 0 Å². The summed E-state index contributed by atoms with van der Waals surface area (Å²) in [4.78, 5) is 0. The first kappa shape index (κ1) is 21.3. The molecule has 16 heavy (non-hydrogen) atoms. The average Bonchev–Trinajstić information content (AvgIpc) is 2.01. The van der Waals surface area contributed by atoms with Crippen molar-refractivity contribution in [3.8, 4) is 0 Å². The van der Waals surface area contributed by atoms with Gasteiger partial charge >= 0.3 is 0 Å². The standard InChI is InChI=1S/C6H14.2C5H12/c1-5-6(2,3)4;1-5(2,3)4;1-4-5(2)3/h5H2,1-4H3;1-4H3;5H,4H2,1-3H3. The molecule has 0 unspecified atom stereocenters. The Morgan fingerprint density at radius 3 is 0.875 bits per heavy atom. The van der Waals surface area contributed by atoms with E-state index >= 15 is 0 Å². The minimum Gasteiger partial charge on any atom is -0.0651 e.